The number of rotatable bonds is 17. The summed E-state index contributed by atoms with van der Waals surface area (Å²) in [5.74, 6) is 0.194. The molecule has 4 rings (SSSR count). The lowest BCUT2D eigenvalue weighted by molar-refractivity contribution is 0.302. The van der Waals surface area contributed by atoms with Gasteiger partial charge in [0, 0.05) is 31.9 Å². The molecule has 1 aliphatic carbocycles. The van der Waals surface area contributed by atoms with E-state index in [1.807, 2.05) is 10.7 Å². The third-order valence-electron chi connectivity index (χ3n) is 7.78. The van der Waals surface area contributed by atoms with Crippen LogP contribution in [-0.4, -0.2) is 29.0 Å². The van der Waals surface area contributed by atoms with Gasteiger partial charge in [0.2, 0.25) is 0 Å². The van der Waals surface area contributed by atoms with Crippen LogP contribution in [0.5, 0.6) is 5.75 Å². The number of nitriles is 1. The fourth-order valence-electron chi connectivity index (χ4n) is 5.44. The maximum atomic E-state index is 16.0. The highest BCUT2D eigenvalue weighted by atomic mass is 19.1. The van der Waals surface area contributed by atoms with Crippen LogP contribution in [-0.2, 0) is 6.54 Å². The summed E-state index contributed by atoms with van der Waals surface area (Å²) in [5, 5.41) is 14.6. The van der Waals surface area contributed by atoms with Gasteiger partial charge in [0.05, 0.1) is 23.0 Å². The van der Waals surface area contributed by atoms with Crippen LogP contribution in [0.25, 0.3) is 11.3 Å². The molecule has 6 heteroatoms. The van der Waals surface area contributed by atoms with E-state index in [0.29, 0.717) is 28.3 Å². The third-order valence-corrected chi connectivity index (χ3v) is 7.78. The maximum Gasteiger partial charge on any atom is 0.157 e. The number of anilines is 1. The predicted octanol–water partition coefficient (Wildman–Crippen LogP) is 8.40. The lowest BCUT2D eigenvalue weighted by Gasteiger charge is -2.23. The van der Waals surface area contributed by atoms with Crippen molar-refractivity contribution in [1.29, 1.82) is 5.26 Å². The van der Waals surface area contributed by atoms with Crippen molar-refractivity contribution in [3.63, 3.8) is 0 Å². The number of hydrogen-bond acceptors (Lipinski definition) is 4. The monoisotopic (exact) mass is 508 g/mol. The first-order chi connectivity index (χ1) is 18.2. The van der Waals surface area contributed by atoms with E-state index < -0.39 is 0 Å². The first kappa shape index (κ1) is 27.5. The van der Waals surface area contributed by atoms with Gasteiger partial charge in [-0.2, -0.15) is 10.4 Å². The summed E-state index contributed by atoms with van der Waals surface area (Å²) < 4.78 is 24.0. The number of aromatic nitrogens is 2. The van der Waals surface area contributed by atoms with E-state index >= 15 is 4.39 Å². The fourth-order valence-corrected chi connectivity index (χ4v) is 5.44. The highest BCUT2D eigenvalue weighted by molar-refractivity contribution is 5.78. The smallest absolute Gasteiger partial charge is 0.157 e. The van der Waals surface area contributed by atoms with E-state index in [2.05, 4.69) is 23.0 Å². The second kappa shape index (κ2) is 14.4. The van der Waals surface area contributed by atoms with Crippen molar-refractivity contribution in [3.8, 4) is 23.1 Å². The standard InChI is InChI=1S/C31H45FN4O/c1-2-3-4-5-6-7-8-9-10-11-12-13-22-36-27(18-19-34-36)30-26(24-33)29(37-25-16-17-25)23-28(31(30)32)35-20-14-15-21-35/h18-19,23,25H,2-17,20-22H2,1H3. The third kappa shape index (κ3) is 7.72. The Labute approximate surface area is 223 Å². The quantitative estimate of drug-likeness (QED) is 0.201. The van der Waals surface area contributed by atoms with Gasteiger partial charge in [-0.1, -0.05) is 77.6 Å². The zero-order chi connectivity index (χ0) is 25.9. The summed E-state index contributed by atoms with van der Waals surface area (Å²) in [7, 11) is 0. The van der Waals surface area contributed by atoms with E-state index in [-0.39, 0.29) is 11.9 Å². The topological polar surface area (TPSA) is 54.1 Å². The minimum absolute atomic E-state index is 0.141. The first-order valence-corrected chi connectivity index (χ1v) is 14.9. The molecule has 1 saturated carbocycles. The number of benzene rings is 1. The van der Waals surface area contributed by atoms with Crippen LogP contribution in [0, 0.1) is 17.1 Å². The minimum Gasteiger partial charge on any atom is -0.489 e. The Morgan fingerprint density at radius 2 is 1.59 bits per heavy atom. The molecule has 2 fully saturated rings. The summed E-state index contributed by atoms with van der Waals surface area (Å²) in [5.41, 5.74) is 1.88. The van der Waals surface area contributed by atoms with E-state index in [0.717, 1.165) is 58.2 Å². The van der Waals surface area contributed by atoms with Crippen LogP contribution in [0.2, 0.25) is 0 Å². The van der Waals surface area contributed by atoms with Crippen LogP contribution in [0.1, 0.15) is 115 Å². The Hall–Kier alpha value is -2.55. The van der Waals surface area contributed by atoms with E-state index in [1.54, 1.807) is 12.3 Å². The molecule has 0 bridgehead atoms. The van der Waals surface area contributed by atoms with Gasteiger partial charge in [0.1, 0.15) is 17.4 Å². The molecule has 1 aromatic carbocycles. The predicted molar refractivity (Wildman–Crippen MR) is 149 cm³/mol. The van der Waals surface area contributed by atoms with Crippen molar-refractivity contribution in [3.05, 3.63) is 29.7 Å². The maximum absolute atomic E-state index is 16.0. The fraction of sp³-hybridized carbons (Fsp3) is 0.677. The normalized spacial score (nSPS) is 15.3. The molecule has 2 aliphatic rings. The van der Waals surface area contributed by atoms with Gasteiger partial charge in [-0.3, -0.25) is 4.68 Å². The van der Waals surface area contributed by atoms with E-state index in [4.69, 9.17) is 4.74 Å². The van der Waals surface area contributed by atoms with Crippen LogP contribution < -0.4 is 9.64 Å². The van der Waals surface area contributed by atoms with Crippen LogP contribution in [0.3, 0.4) is 0 Å². The SMILES string of the molecule is CCCCCCCCCCCCCCn1nccc1-c1c(F)c(N2CCCC2)cc(OC2CC2)c1C#N. The highest BCUT2D eigenvalue weighted by Crippen LogP contribution is 2.41. The number of unbranched alkanes of at least 4 members (excludes halogenated alkanes) is 11. The zero-order valence-corrected chi connectivity index (χ0v) is 22.8. The Balaban J connectivity index is 1.35. The van der Waals surface area contributed by atoms with Crippen molar-refractivity contribution in [2.45, 2.75) is 122 Å². The average molecular weight is 509 g/mol. The number of aryl methyl sites for hydroxylation is 1. The van der Waals surface area contributed by atoms with Crippen molar-refractivity contribution in [2.75, 3.05) is 18.0 Å². The van der Waals surface area contributed by atoms with Gasteiger partial charge in [0.15, 0.2) is 5.82 Å². The zero-order valence-electron chi connectivity index (χ0n) is 22.8. The Morgan fingerprint density at radius 1 is 0.973 bits per heavy atom. The molecule has 0 radical (unpaired) electrons. The molecule has 2 aromatic rings. The Bertz CT molecular complexity index is 1020. The number of ether oxygens (including phenoxy) is 1. The summed E-state index contributed by atoms with van der Waals surface area (Å²) in [6, 6.07) is 5.86. The lowest BCUT2D eigenvalue weighted by Crippen LogP contribution is -2.20. The molecule has 1 aromatic heterocycles. The molecule has 1 aliphatic heterocycles. The number of nitrogens with zero attached hydrogens (tertiary/aromatic N) is 4. The first-order valence-electron chi connectivity index (χ1n) is 14.9. The largest absolute Gasteiger partial charge is 0.489 e. The summed E-state index contributed by atoms with van der Waals surface area (Å²) in [4.78, 5) is 2.09. The molecule has 0 spiro atoms. The van der Waals surface area contributed by atoms with Gasteiger partial charge in [0.25, 0.3) is 0 Å². The van der Waals surface area contributed by atoms with Crippen LogP contribution >= 0.6 is 0 Å². The molecular formula is C31H45FN4O. The van der Waals surface area contributed by atoms with Crippen LogP contribution in [0.15, 0.2) is 18.3 Å². The highest BCUT2D eigenvalue weighted by Gasteiger charge is 2.30. The van der Waals surface area contributed by atoms with E-state index in [9.17, 15) is 5.26 Å². The van der Waals surface area contributed by atoms with Crippen molar-refractivity contribution in [1.82, 2.24) is 9.78 Å². The second-order valence-electron chi connectivity index (χ2n) is 10.9. The van der Waals surface area contributed by atoms with Gasteiger partial charge in [-0.05, 0) is 38.2 Å². The van der Waals surface area contributed by atoms with E-state index in [1.165, 1.54) is 64.2 Å². The molecule has 202 valence electrons. The number of hydrogen-bond donors (Lipinski definition) is 0. The van der Waals surface area contributed by atoms with Crippen molar-refractivity contribution < 1.29 is 9.13 Å². The summed E-state index contributed by atoms with van der Waals surface area (Å²) >= 11 is 0. The Morgan fingerprint density at radius 3 is 2.19 bits per heavy atom. The molecule has 0 amide bonds. The van der Waals surface area contributed by atoms with Gasteiger partial charge < -0.3 is 9.64 Å². The summed E-state index contributed by atoms with van der Waals surface area (Å²) in [6.07, 6.45) is 21.5. The van der Waals surface area contributed by atoms with Gasteiger partial charge in [-0.15, -0.1) is 0 Å². The van der Waals surface area contributed by atoms with Gasteiger partial charge >= 0.3 is 0 Å². The molecule has 0 N–H and O–H groups in total. The molecular weight excluding hydrogens is 463 g/mol. The molecule has 37 heavy (non-hydrogen) atoms. The molecule has 1 saturated heterocycles. The Kier molecular flexibility index (Phi) is 10.7. The van der Waals surface area contributed by atoms with Crippen molar-refractivity contribution in [2.24, 2.45) is 0 Å². The molecule has 0 atom stereocenters. The van der Waals surface area contributed by atoms with Crippen LogP contribution in [0.4, 0.5) is 10.1 Å². The average Bonchev–Trinajstić information content (AvgIpc) is 3.35. The number of halogens is 1. The summed E-state index contributed by atoms with van der Waals surface area (Å²) in [6.45, 7) is 4.67. The minimum atomic E-state index is -0.321. The lowest BCUT2D eigenvalue weighted by atomic mass is 10.0. The second-order valence-corrected chi connectivity index (χ2v) is 10.9. The van der Waals surface area contributed by atoms with Crippen molar-refractivity contribution >= 4 is 5.69 Å². The molecule has 2 heterocycles. The molecule has 0 unspecified atom stereocenters. The van der Waals surface area contributed by atoms with Gasteiger partial charge in [-0.25, -0.2) is 4.39 Å². The molecule has 5 nitrogen and oxygen atoms in total.